The van der Waals surface area contributed by atoms with Crippen molar-refractivity contribution in [3.05, 3.63) is 48.0 Å². The number of methoxy groups -OCH3 is 2. The van der Waals surface area contributed by atoms with Gasteiger partial charge in [-0.15, -0.1) is 0 Å². The first-order chi connectivity index (χ1) is 12.7. The lowest BCUT2D eigenvalue weighted by molar-refractivity contribution is -0.00415. The largest absolute Gasteiger partial charge is 0.497 e. The van der Waals surface area contributed by atoms with Gasteiger partial charge < -0.3 is 19.1 Å². The highest BCUT2D eigenvalue weighted by molar-refractivity contribution is 5.95. The van der Waals surface area contributed by atoms with Crippen LogP contribution in [0.4, 0.5) is 0 Å². The van der Waals surface area contributed by atoms with Crippen LogP contribution in [0.15, 0.2) is 36.8 Å². The molecule has 1 amide bonds. The Kier molecular flexibility index (Phi) is 6.01. The zero-order chi connectivity index (χ0) is 18.4. The second-order valence-electron chi connectivity index (χ2n) is 6.06. The van der Waals surface area contributed by atoms with E-state index in [-0.39, 0.29) is 11.9 Å². The Labute approximate surface area is 152 Å². The third kappa shape index (κ3) is 4.29. The normalized spacial score (nSPS) is 17.0. The van der Waals surface area contributed by atoms with Gasteiger partial charge in [0.25, 0.3) is 5.91 Å². The van der Waals surface area contributed by atoms with Crippen molar-refractivity contribution in [2.45, 2.75) is 18.9 Å². The van der Waals surface area contributed by atoms with Crippen LogP contribution in [0.1, 0.15) is 22.5 Å². The molecule has 0 radical (unpaired) electrons. The van der Waals surface area contributed by atoms with Crippen LogP contribution in [0.2, 0.25) is 0 Å². The summed E-state index contributed by atoms with van der Waals surface area (Å²) < 4.78 is 16.2. The summed E-state index contributed by atoms with van der Waals surface area (Å²) in [6.07, 6.45) is 6.60. The Morgan fingerprint density at radius 2 is 2.00 bits per heavy atom. The molecule has 138 valence electrons. The summed E-state index contributed by atoms with van der Waals surface area (Å²) in [7, 11) is 3.14. The quantitative estimate of drug-likeness (QED) is 0.787. The van der Waals surface area contributed by atoms with E-state index >= 15 is 0 Å². The average molecular weight is 357 g/mol. The third-order valence-corrected chi connectivity index (χ3v) is 4.44. The molecule has 2 aromatic rings. The van der Waals surface area contributed by atoms with Crippen molar-refractivity contribution in [1.29, 1.82) is 0 Å². The summed E-state index contributed by atoms with van der Waals surface area (Å²) in [5.41, 5.74) is 1.46. The van der Waals surface area contributed by atoms with Gasteiger partial charge in [-0.25, -0.2) is 0 Å². The summed E-state index contributed by atoms with van der Waals surface area (Å²) in [4.78, 5) is 23.3. The van der Waals surface area contributed by atoms with Crippen molar-refractivity contribution in [2.75, 3.05) is 34.0 Å². The molecule has 0 N–H and O–H groups in total. The van der Waals surface area contributed by atoms with Gasteiger partial charge in [-0.3, -0.25) is 14.8 Å². The number of carbonyl (C=O) groups excluding carboxylic acids is 1. The topological polar surface area (TPSA) is 73.8 Å². The summed E-state index contributed by atoms with van der Waals surface area (Å²) in [6.45, 7) is 1.62. The summed E-state index contributed by atoms with van der Waals surface area (Å²) in [6, 6.07) is 5.22. The molecule has 3 rings (SSSR count). The maximum Gasteiger partial charge on any atom is 0.254 e. The van der Waals surface area contributed by atoms with E-state index in [2.05, 4.69) is 9.97 Å². The molecule has 1 fully saturated rings. The molecule has 1 aliphatic rings. The van der Waals surface area contributed by atoms with Crippen molar-refractivity contribution in [3.63, 3.8) is 0 Å². The summed E-state index contributed by atoms with van der Waals surface area (Å²) >= 11 is 0. The molecule has 1 atom stereocenters. The van der Waals surface area contributed by atoms with Gasteiger partial charge in [-0.05, 0) is 25.0 Å². The van der Waals surface area contributed by atoms with Gasteiger partial charge in [0.1, 0.15) is 11.5 Å². The highest BCUT2D eigenvalue weighted by Crippen LogP contribution is 2.25. The maximum atomic E-state index is 13.1. The first kappa shape index (κ1) is 18.1. The van der Waals surface area contributed by atoms with Crippen LogP contribution in [0.5, 0.6) is 11.5 Å². The number of morpholine rings is 1. The standard InChI is InChI=1S/C19H23N3O4/c1-24-17-9-14(10-18(11-17)25-2)19(23)22-7-8-26-13-16(22)4-3-15-12-20-5-6-21-15/h5-6,9-12,16H,3-4,7-8,13H2,1-2H3/t16-/m1/s1. The number of hydrogen-bond acceptors (Lipinski definition) is 6. The van der Waals surface area contributed by atoms with E-state index in [1.54, 1.807) is 51.0 Å². The SMILES string of the molecule is COc1cc(OC)cc(C(=O)N2CCOC[C@H]2CCc2cnccn2)c1. The number of benzene rings is 1. The van der Waals surface area contributed by atoms with Crippen molar-refractivity contribution < 1.29 is 19.0 Å². The first-order valence-electron chi connectivity index (χ1n) is 8.58. The molecule has 0 aliphatic carbocycles. The van der Waals surface area contributed by atoms with Gasteiger partial charge in [0, 0.05) is 36.8 Å². The molecular weight excluding hydrogens is 334 g/mol. The van der Waals surface area contributed by atoms with E-state index in [0.29, 0.717) is 36.8 Å². The number of nitrogens with zero attached hydrogens (tertiary/aromatic N) is 3. The van der Waals surface area contributed by atoms with Crippen molar-refractivity contribution in [3.8, 4) is 11.5 Å². The Hall–Kier alpha value is -2.67. The molecule has 1 aromatic heterocycles. The van der Waals surface area contributed by atoms with Gasteiger partial charge >= 0.3 is 0 Å². The van der Waals surface area contributed by atoms with Gasteiger partial charge in [-0.1, -0.05) is 0 Å². The predicted molar refractivity (Wildman–Crippen MR) is 95.5 cm³/mol. The molecule has 7 nitrogen and oxygen atoms in total. The lowest BCUT2D eigenvalue weighted by atomic mass is 10.1. The van der Waals surface area contributed by atoms with E-state index in [9.17, 15) is 4.79 Å². The number of aryl methyl sites for hydroxylation is 1. The smallest absolute Gasteiger partial charge is 0.254 e. The fraction of sp³-hybridized carbons (Fsp3) is 0.421. The number of aromatic nitrogens is 2. The minimum atomic E-state index is -0.0466. The van der Waals surface area contributed by atoms with Crippen LogP contribution in [-0.2, 0) is 11.2 Å². The highest BCUT2D eigenvalue weighted by Gasteiger charge is 2.28. The number of carbonyl (C=O) groups is 1. The summed E-state index contributed by atoms with van der Waals surface area (Å²) in [5, 5.41) is 0. The molecule has 1 saturated heterocycles. The number of amides is 1. The number of hydrogen-bond donors (Lipinski definition) is 0. The van der Waals surface area contributed by atoms with Crippen LogP contribution >= 0.6 is 0 Å². The van der Waals surface area contributed by atoms with Crippen molar-refractivity contribution >= 4 is 5.91 Å². The zero-order valence-corrected chi connectivity index (χ0v) is 15.1. The van der Waals surface area contributed by atoms with Crippen LogP contribution in [-0.4, -0.2) is 60.8 Å². The van der Waals surface area contributed by atoms with Crippen LogP contribution < -0.4 is 9.47 Å². The van der Waals surface area contributed by atoms with E-state index in [1.807, 2.05) is 4.90 Å². The molecule has 2 heterocycles. The fourth-order valence-electron chi connectivity index (χ4n) is 3.03. The Morgan fingerprint density at radius 3 is 2.65 bits per heavy atom. The molecule has 1 aliphatic heterocycles. The molecule has 0 bridgehead atoms. The highest BCUT2D eigenvalue weighted by atomic mass is 16.5. The molecule has 26 heavy (non-hydrogen) atoms. The zero-order valence-electron chi connectivity index (χ0n) is 15.1. The van der Waals surface area contributed by atoms with Crippen LogP contribution in [0.25, 0.3) is 0 Å². The molecule has 7 heteroatoms. The van der Waals surface area contributed by atoms with Gasteiger partial charge in [0.15, 0.2) is 0 Å². The summed E-state index contributed by atoms with van der Waals surface area (Å²) in [5.74, 6) is 1.14. The van der Waals surface area contributed by atoms with Crippen LogP contribution in [0.3, 0.4) is 0 Å². The Balaban J connectivity index is 1.75. The Morgan fingerprint density at radius 1 is 1.23 bits per heavy atom. The molecular formula is C19H23N3O4. The van der Waals surface area contributed by atoms with Gasteiger partial charge in [0.05, 0.1) is 39.2 Å². The molecule has 1 aromatic carbocycles. The second-order valence-corrected chi connectivity index (χ2v) is 6.06. The number of rotatable bonds is 6. The van der Waals surface area contributed by atoms with E-state index in [0.717, 1.165) is 18.5 Å². The minimum Gasteiger partial charge on any atom is -0.497 e. The lowest BCUT2D eigenvalue weighted by Crippen LogP contribution is -2.48. The van der Waals surface area contributed by atoms with E-state index in [1.165, 1.54) is 0 Å². The van der Waals surface area contributed by atoms with Gasteiger partial charge in [-0.2, -0.15) is 0 Å². The maximum absolute atomic E-state index is 13.1. The first-order valence-corrected chi connectivity index (χ1v) is 8.58. The number of ether oxygens (including phenoxy) is 3. The van der Waals surface area contributed by atoms with Crippen molar-refractivity contribution in [1.82, 2.24) is 14.9 Å². The fourth-order valence-corrected chi connectivity index (χ4v) is 3.03. The second kappa shape index (κ2) is 8.62. The molecule has 0 saturated carbocycles. The lowest BCUT2D eigenvalue weighted by Gasteiger charge is -2.36. The predicted octanol–water partition coefficient (Wildman–Crippen LogP) is 1.97. The van der Waals surface area contributed by atoms with Crippen LogP contribution in [0, 0.1) is 0 Å². The van der Waals surface area contributed by atoms with Crippen molar-refractivity contribution in [2.24, 2.45) is 0 Å². The van der Waals surface area contributed by atoms with E-state index in [4.69, 9.17) is 14.2 Å². The molecule has 0 spiro atoms. The minimum absolute atomic E-state index is 0.00421. The molecule has 0 unspecified atom stereocenters. The Bertz CT molecular complexity index is 717. The monoisotopic (exact) mass is 357 g/mol. The van der Waals surface area contributed by atoms with E-state index < -0.39 is 0 Å². The average Bonchev–Trinajstić information content (AvgIpc) is 2.72. The van der Waals surface area contributed by atoms with Gasteiger partial charge in [0.2, 0.25) is 0 Å². The third-order valence-electron chi connectivity index (χ3n) is 4.44.